The summed E-state index contributed by atoms with van der Waals surface area (Å²) in [6, 6.07) is 4.50. The number of benzene rings is 1. The Morgan fingerprint density at radius 3 is 2.83 bits per heavy atom. The van der Waals surface area contributed by atoms with Crippen LogP contribution in [0.1, 0.15) is 10.4 Å². The fraction of sp³-hybridized carbons (Fsp3) is 0.400. The maximum Gasteiger partial charge on any atom is 0.254 e. The van der Waals surface area contributed by atoms with Crippen LogP contribution in [0.15, 0.2) is 18.2 Å². The molecule has 3 heterocycles. The second kappa shape index (κ2) is 5.29. The van der Waals surface area contributed by atoms with E-state index in [1.807, 2.05) is 0 Å². The molecule has 4 rings (SSSR count). The molecule has 124 valence electrons. The first-order chi connectivity index (χ1) is 11.5. The molecule has 1 atom stereocenters. The van der Waals surface area contributed by atoms with Crippen LogP contribution in [0.25, 0.3) is 11.0 Å². The average molecular weight is 328 g/mol. The van der Waals surface area contributed by atoms with Crippen LogP contribution in [0, 0.1) is 0 Å². The van der Waals surface area contributed by atoms with Gasteiger partial charge in [0.25, 0.3) is 5.91 Å². The molecule has 9 nitrogen and oxygen atoms in total. The number of piperazine rings is 2. The number of aromatic nitrogens is 3. The van der Waals surface area contributed by atoms with Crippen molar-refractivity contribution in [3.8, 4) is 0 Å². The number of rotatable bonds is 1. The fourth-order valence-corrected chi connectivity index (χ4v) is 3.26. The number of nitrogens with zero attached hydrogens (tertiary/aromatic N) is 5. The summed E-state index contributed by atoms with van der Waals surface area (Å²) in [7, 11) is 1.61. The third kappa shape index (κ3) is 2.20. The molecule has 0 aliphatic carbocycles. The maximum absolute atomic E-state index is 12.7. The molecule has 1 aromatic heterocycles. The molecule has 2 saturated heterocycles. The van der Waals surface area contributed by atoms with Crippen molar-refractivity contribution in [1.29, 1.82) is 0 Å². The van der Waals surface area contributed by atoms with Gasteiger partial charge in [-0.25, -0.2) is 0 Å². The van der Waals surface area contributed by atoms with E-state index in [1.165, 1.54) is 4.90 Å². The highest BCUT2D eigenvalue weighted by Crippen LogP contribution is 2.20. The van der Waals surface area contributed by atoms with Crippen molar-refractivity contribution in [2.24, 2.45) is 0 Å². The number of amides is 3. The summed E-state index contributed by atoms with van der Waals surface area (Å²) in [6.45, 7) is 1.10. The molecule has 0 bridgehead atoms. The quantitative estimate of drug-likeness (QED) is 0.729. The number of fused-ring (bicyclic) bond motifs is 2. The van der Waals surface area contributed by atoms with Crippen molar-refractivity contribution in [3.63, 3.8) is 0 Å². The first kappa shape index (κ1) is 14.6. The lowest BCUT2D eigenvalue weighted by atomic mass is 10.1. The molecule has 2 aliphatic rings. The van der Waals surface area contributed by atoms with E-state index in [-0.39, 0.29) is 30.8 Å². The van der Waals surface area contributed by atoms with Crippen molar-refractivity contribution < 1.29 is 14.4 Å². The predicted octanol–water partition coefficient (Wildman–Crippen LogP) is -0.917. The van der Waals surface area contributed by atoms with E-state index in [0.29, 0.717) is 29.7 Å². The minimum Gasteiger partial charge on any atom is -0.335 e. The van der Waals surface area contributed by atoms with E-state index in [9.17, 15) is 14.4 Å². The lowest BCUT2D eigenvalue weighted by Crippen LogP contribution is -2.66. The van der Waals surface area contributed by atoms with Crippen molar-refractivity contribution in [2.75, 3.05) is 33.2 Å². The van der Waals surface area contributed by atoms with Gasteiger partial charge in [0, 0.05) is 25.7 Å². The number of carbonyl (C=O) groups excluding carboxylic acids is 3. The Labute approximate surface area is 137 Å². The standard InChI is InChI=1S/C15H16N6O3/c1-19-8-13(22)21-5-4-20(7-12(21)15(19)24)14(23)9-2-3-10-11(6-9)17-18-16-10/h2-3,6,12H,4-5,7-8H2,1H3,(H,16,17,18)/t12-/m1/s1. The van der Waals surface area contributed by atoms with Crippen LogP contribution in [0.4, 0.5) is 0 Å². The van der Waals surface area contributed by atoms with Crippen LogP contribution >= 0.6 is 0 Å². The molecule has 24 heavy (non-hydrogen) atoms. The lowest BCUT2D eigenvalue weighted by molar-refractivity contribution is -0.157. The van der Waals surface area contributed by atoms with Crippen LogP contribution in [0.3, 0.4) is 0 Å². The third-order valence-electron chi connectivity index (χ3n) is 4.58. The molecule has 0 unspecified atom stereocenters. The summed E-state index contributed by atoms with van der Waals surface area (Å²) in [5.41, 5.74) is 1.79. The van der Waals surface area contributed by atoms with E-state index in [4.69, 9.17) is 0 Å². The maximum atomic E-state index is 12.7. The van der Waals surface area contributed by atoms with E-state index in [0.717, 1.165) is 0 Å². The van der Waals surface area contributed by atoms with Crippen LogP contribution in [0.2, 0.25) is 0 Å². The van der Waals surface area contributed by atoms with E-state index < -0.39 is 6.04 Å². The van der Waals surface area contributed by atoms with Crippen molar-refractivity contribution in [3.05, 3.63) is 23.8 Å². The summed E-state index contributed by atoms with van der Waals surface area (Å²) in [5.74, 6) is -0.370. The zero-order valence-electron chi connectivity index (χ0n) is 13.1. The van der Waals surface area contributed by atoms with Gasteiger partial charge in [-0.05, 0) is 18.2 Å². The molecule has 2 aromatic rings. The molecule has 0 radical (unpaired) electrons. The van der Waals surface area contributed by atoms with Crippen LogP contribution < -0.4 is 0 Å². The van der Waals surface area contributed by atoms with Gasteiger partial charge in [-0.3, -0.25) is 14.4 Å². The number of aromatic amines is 1. The zero-order chi connectivity index (χ0) is 16.8. The minimum atomic E-state index is -0.593. The van der Waals surface area contributed by atoms with E-state index >= 15 is 0 Å². The van der Waals surface area contributed by atoms with Crippen molar-refractivity contribution in [1.82, 2.24) is 30.1 Å². The molecule has 0 spiro atoms. The topological polar surface area (TPSA) is 102 Å². The Balaban J connectivity index is 1.57. The number of nitrogens with one attached hydrogen (secondary N) is 1. The summed E-state index contributed by atoms with van der Waals surface area (Å²) < 4.78 is 0. The van der Waals surface area contributed by atoms with Crippen LogP contribution in [-0.2, 0) is 9.59 Å². The molecule has 1 N–H and O–H groups in total. The van der Waals surface area contributed by atoms with Gasteiger partial charge in [0.2, 0.25) is 11.8 Å². The highest BCUT2D eigenvalue weighted by molar-refractivity contribution is 5.99. The second-order valence-corrected chi connectivity index (χ2v) is 6.08. The number of likely N-dealkylation sites (N-methyl/N-ethyl adjacent to an activating group) is 1. The second-order valence-electron chi connectivity index (χ2n) is 6.08. The molecule has 2 fully saturated rings. The Hall–Kier alpha value is -2.97. The first-order valence-corrected chi connectivity index (χ1v) is 7.69. The number of hydrogen-bond acceptors (Lipinski definition) is 5. The third-order valence-corrected chi connectivity index (χ3v) is 4.58. The van der Waals surface area contributed by atoms with Crippen molar-refractivity contribution >= 4 is 28.8 Å². The average Bonchev–Trinajstić information content (AvgIpc) is 3.06. The van der Waals surface area contributed by atoms with Gasteiger partial charge in [-0.1, -0.05) is 0 Å². The van der Waals surface area contributed by atoms with E-state index in [1.54, 1.807) is 35.0 Å². The zero-order valence-corrected chi connectivity index (χ0v) is 13.1. The highest BCUT2D eigenvalue weighted by Gasteiger charge is 2.42. The summed E-state index contributed by atoms with van der Waals surface area (Å²) >= 11 is 0. The summed E-state index contributed by atoms with van der Waals surface area (Å²) in [5, 5.41) is 10.5. The van der Waals surface area contributed by atoms with Crippen LogP contribution in [0.5, 0.6) is 0 Å². The van der Waals surface area contributed by atoms with Gasteiger partial charge in [-0.15, -0.1) is 0 Å². The van der Waals surface area contributed by atoms with Crippen molar-refractivity contribution in [2.45, 2.75) is 6.04 Å². The smallest absolute Gasteiger partial charge is 0.254 e. The molecule has 9 heteroatoms. The Bertz CT molecular complexity index is 847. The molecule has 3 amide bonds. The molecule has 2 aliphatic heterocycles. The van der Waals surface area contributed by atoms with Gasteiger partial charge < -0.3 is 14.7 Å². The molecule has 1 aromatic carbocycles. The van der Waals surface area contributed by atoms with Gasteiger partial charge in [-0.2, -0.15) is 15.4 Å². The summed E-state index contributed by atoms with van der Waals surface area (Å²) in [6.07, 6.45) is 0. The van der Waals surface area contributed by atoms with Crippen LogP contribution in [-0.4, -0.2) is 87.1 Å². The monoisotopic (exact) mass is 328 g/mol. The van der Waals surface area contributed by atoms with Gasteiger partial charge >= 0.3 is 0 Å². The molecular formula is C15H16N6O3. The van der Waals surface area contributed by atoms with Gasteiger partial charge in [0.05, 0.1) is 13.1 Å². The minimum absolute atomic E-state index is 0.0711. The lowest BCUT2D eigenvalue weighted by Gasteiger charge is -2.45. The predicted molar refractivity (Wildman–Crippen MR) is 82.9 cm³/mol. The normalized spacial score (nSPS) is 21.4. The largest absolute Gasteiger partial charge is 0.335 e. The molecular weight excluding hydrogens is 312 g/mol. The SMILES string of the molecule is CN1CC(=O)N2CCN(C(=O)c3ccc4n[nH]nc4c3)C[C@@H]2C1=O. The number of carbonyl (C=O) groups is 3. The number of H-pyrrole nitrogens is 1. The fourth-order valence-electron chi connectivity index (χ4n) is 3.26. The highest BCUT2D eigenvalue weighted by atomic mass is 16.2. The Morgan fingerprint density at radius 2 is 2.00 bits per heavy atom. The Kier molecular flexibility index (Phi) is 3.22. The number of hydrogen-bond donors (Lipinski definition) is 1. The van der Waals surface area contributed by atoms with Gasteiger partial charge in [0.15, 0.2) is 0 Å². The molecule has 0 saturated carbocycles. The van der Waals surface area contributed by atoms with E-state index in [2.05, 4.69) is 15.4 Å². The van der Waals surface area contributed by atoms with Gasteiger partial charge in [0.1, 0.15) is 17.1 Å². The Morgan fingerprint density at radius 1 is 1.21 bits per heavy atom. The first-order valence-electron chi connectivity index (χ1n) is 7.69. The summed E-state index contributed by atoms with van der Waals surface area (Å²) in [4.78, 5) is 41.7.